The van der Waals surface area contributed by atoms with Gasteiger partial charge >= 0.3 is 0 Å². The highest BCUT2D eigenvalue weighted by Crippen LogP contribution is 2.49. The Kier molecular flexibility index (Phi) is 10.6. The third-order valence-corrected chi connectivity index (χ3v) is 15.3. The van der Waals surface area contributed by atoms with Gasteiger partial charge < -0.3 is 9.80 Å². The fraction of sp³-hybridized carbons (Fsp3) is 0.393. The maximum atomic E-state index is 5.48. The molecule has 66 heavy (non-hydrogen) atoms. The van der Waals surface area contributed by atoms with E-state index in [-0.39, 0.29) is 39.2 Å². The zero-order valence-corrected chi connectivity index (χ0v) is 44.0. The summed E-state index contributed by atoms with van der Waals surface area (Å²) in [7, 11) is 0. The van der Waals surface area contributed by atoms with Crippen LogP contribution in [0.2, 0.25) is 0 Å². The van der Waals surface area contributed by atoms with Crippen molar-refractivity contribution in [2.45, 2.75) is 157 Å². The van der Waals surface area contributed by atoms with E-state index >= 15 is 0 Å². The van der Waals surface area contributed by atoms with Gasteiger partial charge in [0.2, 0.25) is 0 Å². The molecule has 3 nitrogen and oxygen atoms in total. The molecule has 0 atom stereocenters. The predicted molar refractivity (Wildman–Crippen MR) is 291 cm³/mol. The van der Waals surface area contributed by atoms with Crippen molar-refractivity contribution < 1.29 is 0 Å². The number of rotatable bonds is 3. The Balaban J connectivity index is 1.41. The summed E-state index contributed by atoms with van der Waals surface area (Å²) >= 11 is 1.81. The number of hydrogen-bond donors (Lipinski definition) is 0. The van der Waals surface area contributed by atoms with Gasteiger partial charge in [-0.05, 0) is 137 Å². The lowest BCUT2D eigenvalue weighted by Crippen LogP contribution is -2.61. The quantitative estimate of drug-likeness (QED) is 0.165. The van der Waals surface area contributed by atoms with E-state index in [1.165, 1.54) is 88.6 Å². The molecule has 9 rings (SSSR count). The average molecular weight is 890 g/mol. The fourth-order valence-corrected chi connectivity index (χ4v) is 10.8. The Morgan fingerprint density at radius 1 is 0.379 bits per heavy atom. The highest BCUT2D eigenvalue weighted by molar-refractivity contribution is 7.21. The van der Waals surface area contributed by atoms with Crippen LogP contribution in [-0.4, -0.2) is 11.7 Å². The molecule has 0 saturated heterocycles. The molecule has 340 valence electrons. The van der Waals surface area contributed by atoms with Crippen LogP contribution < -0.4 is 26.2 Å². The van der Waals surface area contributed by atoms with Gasteiger partial charge in [-0.3, -0.25) is 0 Å². The van der Waals surface area contributed by atoms with Crippen LogP contribution in [0.1, 0.15) is 158 Å². The highest BCUT2D eigenvalue weighted by atomic mass is 32.1. The fourth-order valence-electron chi connectivity index (χ4n) is 9.83. The van der Waals surface area contributed by atoms with E-state index in [4.69, 9.17) is 4.98 Å². The largest absolute Gasteiger partial charge is 0.311 e. The minimum atomic E-state index is -0.117. The summed E-state index contributed by atoms with van der Waals surface area (Å²) in [6.07, 6.45) is 0. The third kappa shape index (κ3) is 8.12. The molecule has 3 heterocycles. The van der Waals surface area contributed by atoms with Crippen LogP contribution in [-0.2, 0) is 32.5 Å². The number of nitrogens with zero attached hydrogens (tertiary/aromatic N) is 3. The maximum absolute atomic E-state index is 5.48. The number of benzene rings is 6. The normalized spacial score (nSPS) is 14.4. The van der Waals surface area contributed by atoms with Crippen molar-refractivity contribution in [1.82, 2.24) is 4.98 Å². The molecule has 2 aliphatic heterocycles. The molecule has 0 spiro atoms. The molecule has 0 aliphatic carbocycles. The summed E-state index contributed by atoms with van der Waals surface area (Å²) < 4.78 is 1.20. The van der Waals surface area contributed by atoms with E-state index in [0.29, 0.717) is 0 Å². The average Bonchev–Trinajstić information content (AvgIpc) is 3.63. The number of anilines is 6. The van der Waals surface area contributed by atoms with Crippen LogP contribution in [0.25, 0.3) is 20.8 Å². The van der Waals surface area contributed by atoms with Crippen molar-refractivity contribution >= 4 is 78.8 Å². The van der Waals surface area contributed by atoms with E-state index < -0.39 is 0 Å². The molecule has 7 aromatic rings. The second kappa shape index (κ2) is 15.2. The number of thiazole rings is 1. The zero-order valence-electron chi connectivity index (χ0n) is 43.2. The Bertz CT molecular complexity index is 2990. The molecule has 0 radical (unpaired) electrons. The highest BCUT2D eigenvalue weighted by Gasteiger charge is 2.45. The maximum Gasteiger partial charge on any atom is 0.252 e. The molecule has 0 N–H and O–H groups in total. The van der Waals surface area contributed by atoms with Gasteiger partial charge in [0.1, 0.15) is 5.01 Å². The van der Waals surface area contributed by atoms with Crippen LogP contribution in [0.3, 0.4) is 0 Å². The van der Waals surface area contributed by atoms with Crippen LogP contribution in [0, 0.1) is 0 Å². The van der Waals surface area contributed by atoms with Gasteiger partial charge in [0.15, 0.2) is 0 Å². The van der Waals surface area contributed by atoms with Crippen LogP contribution in [0.4, 0.5) is 34.1 Å². The third-order valence-electron chi connectivity index (χ3n) is 14.2. The summed E-state index contributed by atoms with van der Waals surface area (Å²) in [4.78, 5) is 10.7. The first-order chi connectivity index (χ1) is 30.5. The van der Waals surface area contributed by atoms with Crippen molar-refractivity contribution in [1.29, 1.82) is 0 Å². The smallest absolute Gasteiger partial charge is 0.252 e. The molecular weight excluding hydrogens is 818 g/mol. The van der Waals surface area contributed by atoms with Gasteiger partial charge in [-0.2, -0.15) is 0 Å². The minimum absolute atomic E-state index is 0.0221. The van der Waals surface area contributed by atoms with E-state index in [1.54, 1.807) is 0 Å². The van der Waals surface area contributed by atoms with Crippen LogP contribution in [0.15, 0.2) is 109 Å². The predicted octanol–water partition coefficient (Wildman–Crippen LogP) is 15.8. The van der Waals surface area contributed by atoms with Gasteiger partial charge in [-0.25, -0.2) is 4.98 Å². The molecule has 2 aliphatic rings. The van der Waals surface area contributed by atoms with E-state index in [2.05, 4.69) is 244 Å². The van der Waals surface area contributed by atoms with Gasteiger partial charge in [0.05, 0.1) is 10.2 Å². The van der Waals surface area contributed by atoms with E-state index in [1.807, 2.05) is 11.3 Å². The van der Waals surface area contributed by atoms with Crippen molar-refractivity contribution in [3.63, 3.8) is 0 Å². The molecule has 0 saturated carbocycles. The van der Waals surface area contributed by atoms with Gasteiger partial charge in [-0.15, -0.1) is 11.3 Å². The van der Waals surface area contributed by atoms with Crippen molar-refractivity contribution in [3.8, 4) is 10.6 Å². The van der Waals surface area contributed by atoms with E-state index in [0.717, 1.165) is 16.1 Å². The first-order valence-electron chi connectivity index (χ1n) is 24.2. The molecule has 0 fully saturated rings. The number of aromatic nitrogens is 1. The van der Waals surface area contributed by atoms with Crippen molar-refractivity contribution in [2.24, 2.45) is 0 Å². The summed E-state index contributed by atoms with van der Waals surface area (Å²) in [5.74, 6) is 0. The van der Waals surface area contributed by atoms with E-state index in [9.17, 15) is 0 Å². The second-order valence-corrected chi connectivity index (χ2v) is 26.6. The monoisotopic (exact) mass is 890 g/mol. The molecule has 0 amide bonds. The lowest BCUT2D eigenvalue weighted by atomic mass is 9.33. The Morgan fingerprint density at radius 2 is 0.818 bits per heavy atom. The Labute approximate surface area is 401 Å². The standard InChI is InChI=1S/C61H72BN3S/c1-56(2,3)38-21-19-37(20-22-38)55-63-48-35-47-50(36-53(48)66-55)65(45-30-41(59(10,11)12)29-42(31-45)60(13,14)15)52-34-43(61(16,17)18)33-51-54(52)62(47)46-32-40(58(7,8)9)25-28-49(46)64(51)44-26-23-39(24-27-44)57(4,5)6/h19-36H,1-18H3. The molecular formula is C61H72BN3S. The van der Waals surface area contributed by atoms with Gasteiger partial charge in [-0.1, -0.05) is 179 Å². The zero-order chi connectivity index (χ0) is 47.8. The summed E-state index contributed by atoms with van der Waals surface area (Å²) in [5, 5.41) is 1.06. The lowest BCUT2D eigenvalue weighted by Gasteiger charge is -2.45. The lowest BCUT2D eigenvalue weighted by molar-refractivity contribution is 0.568. The molecule has 6 aromatic carbocycles. The van der Waals surface area contributed by atoms with Gasteiger partial charge in [0.25, 0.3) is 6.71 Å². The van der Waals surface area contributed by atoms with Crippen LogP contribution in [0.5, 0.6) is 0 Å². The van der Waals surface area contributed by atoms with Gasteiger partial charge in [0, 0.05) is 39.7 Å². The minimum Gasteiger partial charge on any atom is -0.311 e. The summed E-state index contributed by atoms with van der Waals surface area (Å²) in [5.41, 5.74) is 21.4. The first kappa shape index (κ1) is 46.0. The van der Waals surface area contributed by atoms with Crippen LogP contribution >= 0.6 is 11.3 Å². The molecule has 0 bridgehead atoms. The summed E-state index contributed by atoms with van der Waals surface area (Å²) in [6, 6.07) is 43.2. The number of fused-ring (bicyclic) bond motifs is 5. The SMILES string of the molecule is CC(C)(C)c1ccc(-c2nc3cc4c(cc3s2)N(c2cc(C(C)(C)C)cc(C(C)(C)C)c2)c2cc(C(C)(C)C)cc3c2B4c2cc(C(C)(C)C)ccc2N3c2ccc(C(C)(C)C)cc2)cc1. The first-order valence-corrected chi connectivity index (χ1v) is 25.1. The number of hydrogen-bond acceptors (Lipinski definition) is 4. The molecule has 1 aromatic heterocycles. The second-order valence-electron chi connectivity index (χ2n) is 25.6. The Hall–Kier alpha value is -5.13. The summed E-state index contributed by atoms with van der Waals surface area (Å²) in [6.45, 7) is 41.9. The van der Waals surface area contributed by atoms with Crippen molar-refractivity contribution in [2.75, 3.05) is 9.80 Å². The molecule has 5 heteroatoms. The topological polar surface area (TPSA) is 19.4 Å². The van der Waals surface area contributed by atoms with Crippen molar-refractivity contribution in [3.05, 3.63) is 143 Å². The Morgan fingerprint density at radius 3 is 1.32 bits per heavy atom. The molecule has 0 unspecified atom stereocenters.